The molecule has 0 saturated heterocycles. The summed E-state index contributed by atoms with van der Waals surface area (Å²) in [5, 5.41) is 25.7. The van der Waals surface area contributed by atoms with Gasteiger partial charge in [0.2, 0.25) is 0 Å². The van der Waals surface area contributed by atoms with Gasteiger partial charge in [-0.1, -0.05) is 0 Å². The molecule has 4 N–H and O–H groups in total. The third-order valence-corrected chi connectivity index (χ3v) is 3.52. The van der Waals surface area contributed by atoms with Crippen molar-refractivity contribution in [3.63, 3.8) is 0 Å². The standard InChI is InChI=1S/C14H14B2N4O2/c1-8-6-17-3-2-11(8)19-9-4-10-12(18-7-9)5-13(15,21)20-14(10,16)22/h2-4,6-7,20-22H,5H2,1H3,(H,17,19). The molecule has 0 amide bonds. The van der Waals surface area contributed by atoms with E-state index in [-0.39, 0.29) is 6.42 Å². The van der Waals surface area contributed by atoms with E-state index in [9.17, 15) is 10.2 Å². The molecule has 2 atom stereocenters. The number of pyridine rings is 2. The molecule has 3 heterocycles. The summed E-state index contributed by atoms with van der Waals surface area (Å²) in [5.74, 6) is 0. The van der Waals surface area contributed by atoms with E-state index >= 15 is 0 Å². The van der Waals surface area contributed by atoms with Crippen LogP contribution >= 0.6 is 0 Å². The molecule has 2 unspecified atom stereocenters. The summed E-state index contributed by atoms with van der Waals surface area (Å²) >= 11 is 0. The number of fused-ring (bicyclic) bond motifs is 1. The zero-order valence-electron chi connectivity index (χ0n) is 12.0. The van der Waals surface area contributed by atoms with Crippen LogP contribution in [0.25, 0.3) is 0 Å². The maximum atomic E-state index is 10.3. The summed E-state index contributed by atoms with van der Waals surface area (Å²) in [6.45, 7) is 1.93. The molecule has 0 spiro atoms. The minimum absolute atomic E-state index is 0.0381. The fourth-order valence-corrected chi connectivity index (χ4v) is 2.50. The van der Waals surface area contributed by atoms with E-state index in [1.165, 1.54) is 0 Å². The van der Waals surface area contributed by atoms with Gasteiger partial charge < -0.3 is 15.5 Å². The Morgan fingerprint density at radius 1 is 1.32 bits per heavy atom. The Labute approximate surface area is 130 Å². The first-order valence-corrected chi connectivity index (χ1v) is 6.76. The number of anilines is 2. The number of nitrogens with one attached hydrogen (secondary N) is 2. The molecule has 8 heteroatoms. The Bertz CT molecular complexity index is 722. The highest BCUT2D eigenvalue weighted by atomic mass is 16.3. The van der Waals surface area contributed by atoms with Gasteiger partial charge in [0.25, 0.3) is 0 Å². The highest BCUT2D eigenvalue weighted by Crippen LogP contribution is 2.30. The zero-order chi connectivity index (χ0) is 16.0. The second-order valence-corrected chi connectivity index (χ2v) is 5.53. The minimum Gasteiger partial charge on any atom is -0.385 e. The molecule has 6 nitrogen and oxygen atoms in total. The van der Waals surface area contributed by atoms with Gasteiger partial charge in [-0.25, -0.2) is 0 Å². The van der Waals surface area contributed by atoms with Gasteiger partial charge in [0.05, 0.1) is 28.8 Å². The van der Waals surface area contributed by atoms with Gasteiger partial charge in [0.1, 0.15) is 15.7 Å². The van der Waals surface area contributed by atoms with Crippen molar-refractivity contribution < 1.29 is 10.2 Å². The van der Waals surface area contributed by atoms with E-state index in [2.05, 4.69) is 20.6 Å². The molecule has 0 fully saturated rings. The molecule has 4 radical (unpaired) electrons. The number of aromatic nitrogens is 2. The molecule has 1 aliphatic rings. The average Bonchev–Trinajstić information content (AvgIpc) is 2.40. The molecule has 22 heavy (non-hydrogen) atoms. The van der Waals surface area contributed by atoms with E-state index in [1.54, 1.807) is 24.7 Å². The highest BCUT2D eigenvalue weighted by molar-refractivity contribution is 6.18. The lowest BCUT2D eigenvalue weighted by Gasteiger charge is -2.42. The van der Waals surface area contributed by atoms with Crippen LogP contribution < -0.4 is 10.6 Å². The lowest BCUT2D eigenvalue weighted by molar-refractivity contribution is -0.0273. The van der Waals surface area contributed by atoms with Gasteiger partial charge in [-0.2, -0.15) is 0 Å². The van der Waals surface area contributed by atoms with Crippen molar-refractivity contribution in [1.29, 1.82) is 0 Å². The predicted octanol–water partition coefficient (Wildman–Crippen LogP) is -0.240. The van der Waals surface area contributed by atoms with Crippen LogP contribution in [0.5, 0.6) is 0 Å². The van der Waals surface area contributed by atoms with Crippen LogP contribution in [0.3, 0.4) is 0 Å². The van der Waals surface area contributed by atoms with E-state index < -0.39 is 11.2 Å². The SMILES string of the molecule is [B]C1(O)Cc2ncc(Nc3ccncc3C)cc2C([B])(O)N1. The monoisotopic (exact) mass is 292 g/mol. The Morgan fingerprint density at radius 2 is 2.09 bits per heavy atom. The molecule has 0 aliphatic carbocycles. The molecular formula is C14H14B2N4O2. The molecule has 0 aromatic carbocycles. The van der Waals surface area contributed by atoms with Crippen molar-refractivity contribution in [1.82, 2.24) is 15.3 Å². The Balaban J connectivity index is 1.96. The van der Waals surface area contributed by atoms with Crippen LogP contribution in [0.15, 0.2) is 30.7 Å². The summed E-state index contributed by atoms with van der Waals surface area (Å²) < 4.78 is 0. The van der Waals surface area contributed by atoms with Gasteiger partial charge in [0, 0.05) is 30.1 Å². The summed E-state index contributed by atoms with van der Waals surface area (Å²) in [7, 11) is 11.4. The maximum absolute atomic E-state index is 10.3. The minimum atomic E-state index is -1.96. The van der Waals surface area contributed by atoms with Crippen molar-refractivity contribution in [2.45, 2.75) is 24.6 Å². The number of rotatable bonds is 2. The number of nitrogens with zero attached hydrogens (tertiary/aromatic N) is 2. The van der Waals surface area contributed by atoms with Crippen molar-refractivity contribution >= 4 is 27.1 Å². The third kappa shape index (κ3) is 2.85. The predicted molar refractivity (Wildman–Crippen MR) is 83.7 cm³/mol. The first-order valence-electron chi connectivity index (χ1n) is 6.76. The summed E-state index contributed by atoms with van der Waals surface area (Å²) in [4.78, 5) is 8.27. The maximum Gasteiger partial charge on any atom is 0.142 e. The molecule has 0 saturated carbocycles. The smallest absolute Gasteiger partial charge is 0.142 e. The lowest BCUT2D eigenvalue weighted by Crippen LogP contribution is -2.62. The normalized spacial score (nSPS) is 27.2. The van der Waals surface area contributed by atoms with Crippen LogP contribution in [-0.2, 0) is 12.0 Å². The van der Waals surface area contributed by atoms with Crippen LogP contribution in [0, 0.1) is 6.92 Å². The van der Waals surface area contributed by atoms with Crippen LogP contribution in [0.1, 0.15) is 16.8 Å². The van der Waals surface area contributed by atoms with Gasteiger partial charge in [0.15, 0.2) is 0 Å². The van der Waals surface area contributed by atoms with E-state index in [0.717, 1.165) is 11.3 Å². The number of hydrogen-bond donors (Lipinski definition) is 4. The summed E-state index contributed by atoms with van der Waals surface area (Å²) in [6.07, 6.45) is 5.05. The van der Waals surface area contributed by atoms with E-state index in [1.807, 2.05) is 13.0 Å². The average molecular weight is 292 g/mol. The van der Waals surface area contributed by atoms with Gasteiger partial charge in [-0.3, -0.25) is 15.3 Å². The Morgan fingerprint density at radius 3 is 2.82 bits per heavy atom. The number of aryl methyl sites for hydroxylation is 1. The topological polar surface area (TPSA) is 90.3 Å². The van der Waals surface area contributed by atoms with Crippen molar-refractivity contribution in [3.05, 3.63) is 47.5 Å². The fraction of sp³-hybridized carbons (Fsp3) is 0.286. The second-order valence-electron chi connectivity index (χ2n) is 5.53. The second kappa shape index (κ2) is 5.08. The van der Waals surface area contributed by atoms with Crippen LogP contribution in [0.4, 0.5) is 11.4 Å². The van der Waals surface area contributed by atoms with Crippen molar-refractivity contribution in [3.8, 4) is 0 Å². The Kier molecular flexibility index (Phi) is 3.47. The summed E-state index contributed by atoms with van der Waals surface area (Å²) in [6, 6.07) is 3.50. The van der Waals surface area contributed by atoms with Crippen LogP contribution in [0.2, 0.25) is 0 Å². The fourth-order valence-electron chi connectivity index (χ4n) is 2.50. The molecule has 108 valence electrons. The van der Waals surface area contributed by atoms with E-state index in [4.69, 9.17) is 15.7 Å². The molecule has 1 aliphatic heterocycles. The quantitative estimate of drug-likeness (QED) is 0.571. The van der Waals surface area contributed by atoms with Gasteiger partial charge >= 0.3 is 0 Å². The van der Waals surface area contributed by atoms with Gasteiger partial charge in [-0.15, -0.1) is 0 Å². The van der Waals surface area contributed by atoms with Crippen LogP contribution in [-0.4, -0.2) is 41.5 Å². The van der Waals surface area contributed by atoms with E-state index in [0.29, 0.717) is 16.9 Å². The number of hydrogen-bond acceptors (Lipinski definition) is 6. The molecule has 2 aromatic rings. The molecule has 2 aromatic heterocycles. The molecule has 3 rings (SSSR count). The zero-order valence-corrected chi connectivity index (χ0v) is 12.0. The Hall–Kier alpha value is -1.89. The first kappa shape index (κ1) is 15.0. The van der Waals surface area contributed by atoms with Crippen molar-refractivity contribution in [2.24, 2.45) is 0 Å². The van der Waals surface area contributed by atoms with Gasteiger partial charge in [-0.05, 0) is 24.6 Å². The highest BCUT2D eigenvalue weighted by Gasteiger charge is 2.39. The van der Waals surface area contributed by atoms with Crippen molar-refractivity contribution in [2.75, 3.05) is 5.32 Å². The molecular weight excluding hydrogens is 278 g/mol. The first-order chi connectivity index (χ1) is 10.3. The molecule has 0 bridgehead atoms. The number of aliphatic hydroxyl groups is 2. The summed E-state index contributed by atoms with van der Waals surface area (Å²) in [5.41, 5.74) is -0.477. The third-order valence-electron chi connectivity index (χ3n) is 3.52. The largest absolute Gasteiger partial charge is 0.385 e. The lowest BCUT2D eigenvalue weighted by atomic mass is 9.72.